The molecule has 0 heterocycles. The number of carbonyl (C=O) groups is 1. The van der Waals surface area contributed by atoms with Crippen LogP contribution < -0.4 is 4.90 Å². The summed E-state index contributed by atoms with van der Waals surface area (Å²) in [7, 11) is 0. The van der Waals surface area contributed by atoms with Gasteiger partial charge >= 0.3 is 0 Å². The standard InChI is InChI=1S/C18H24N2O/c1-4-19(5-2)14-18(21)20(6-3)17-13-9-11-15-10-7-8-12-16(15)17/h7-13H,4-6,14H2,1-3H3. The second-order valence-electron chi connectivity index (χ2n) is 5.10. The average molecular weight is 284 g/mol. The van der Waals surface area contributed by atoms with Crippen LogP contribution in [-0.4, -0.2) is 37.0 Å². The van der Waals surface area contributed by atoms with Gasteiger partial charge in [-0.15, -0.1) is 0 Å². The smallest absolute Gasteiger partial charge is 0.241 e. The van der Waals surface area contributed by atoms with Crippen molar-refractivity contribution in [1.82, 2.24) is 4.90 Å². The molecule has 0 atom stereocenters. The van der Waals surface area contributed by atoms with Crippen LogP contribution in [0.4, 0.5) is 5.69 Å². The van der Waals surface area contributed by atoms with E-state index >= 15 is 0 Å². The summed E-state index contributed by atoms with van der Waals surface area (Å²) in [6, 6.07) is 14.4. The predicted molar refractivity (Wildman–Crippen MR) is 89.8 cm³/mol. The van der Waals surface area contributed by atoms with E-state index in [1.807, 2.05) is 36.1 Å². The van der Waals surface area contributed by atoms with Gasteiger partial charge < -0.3 is 4.90 Å². The fraction of sp³-hybridized carbons (Fsp3) is 0.389. The van der Waals surface area contributed by atoms with Crippen molar-refractivity contribution in [3.63, 3.8) is 0 Å². The number of fused-ring (bicyclic) bond motifs is 1. The van der Waals surface area contributed by atoms with Gasteiger partial charge in [0.05, 0.1) is 12.2 Å². The molecule has 0 aliphatic rings. The topological polar surface area (TPSA) is 23.6 Å². The zero-order valence-electron chi connectivity index (χ0n) is 13.2. The van der Waals surface area contributed by atoms with Crippen molar-refractivity contribution in [3.8, 4) is 0 Å². The Morgan fingerprint density at radius 2 is 1.57 bits per heavy atom. The van der Waals surface area contributed by atoms with Crippen LogP contribution in [0.15, 0.2) is 42.5 Å². The number of likely N-dealkylation sites (N-methyl/N-ethyl adjacent to an activating group) is 2. The molecule has 0 bridgehead atoms. The second kappa shape index (κ2) is 7.23. The highest BCUT2D eigenvalue weighted by atomic mass is 16.2. The highest BCUT2D eigenvalue weighted by Crippen LogP contribution is 2.26. The van der Waals surface area contributed by atoms with Gasteiger partial charge in [-0.1, -0.05) is 50.2 Å². The first-order chi connectivity index (χ1) is 10.2. The lowest BCUT2D eigenvalue weighted by Crippen LogP contribution is -2.40. The molecule has 2 aromatic carbocycles. The van der Waals surface area contributed by atoms with Crippen LogP contribution in [0.1, 0.15) is 20.8 Å². The van der Waals surface area contributed by atoms with Crippen LogP contribution in [0, 0.1) is 0 Å². The number of carbonyl (C=O) groups excluding carboxylic acids is 1. The highest BCUT2D eigenvalue weighted by molar-refractivity contribution is 6.04. The van der Waals surface area contributed by atoms with Gasteiger partial charge in [-0.2, -0.15) is 0 Å². The Kier molecular flexibility index (Phi) is 5.34. The number of anilines is 1. The molecule has 0 unspecified atom stereocenters. The van der Waals surface area contributed by atoms with Gasteiger partial charge in [0.1, 0.15) is 0 Å². The summed E-state index contributed by atoms with van der Waals surface area (Å²) in [6.45, 7) is 9.17. The summed E-state index contributed by atoms with van der Waals surface area (Å²) in [5.74, 6) is 0.164. The first-order valence-electron chi connectivity index (χ1n) is 7.71. The monoisotopic (exact) mass is 284 g/mol. The summed E-state index contributed by atoms with van der Waals surface area (Å²) >= 11 is 0. The normalized spacial score (nSPS) is 11.0. The van der Waals surface area contributed by atoms with Crippen LogP contribution >= 0.6 is 0 Å². The van der Waals surface area contributed by atoms with Crippen molar-refractivity contribution in [1.29, 1.82) is 0 Å². The van der Waals surface area contributed by atoms with E-state index in [0.717, 1.165) is 24.2 Å². The van der Waals surface area contributed by atoms with Gasteiger partial charge in [0.2, 0.25) is 5.91 Å². The van der Waals surface area contributed by atoms with Crippen molar-refractivity contribution in [2.75, 3.05) is 31.1 Å². The van der Waals surface area contributed by atoms with Crippen LogP contribution in [-0.2, 0) is 4.79 Å². The Hall–Kier alpha value is -1.87. The Morgan fingerprint density at radius 1 is 0.905 bits per heavy atom. The maximum absolute atomic E-state index is 12.6. The summed E-state index contributed by atoms with van der Waals surface area (Å²) in [5.41, 5.74) is 1.01. The molecule has 0 radical (unpaired) electrons. The zero-order chi connectivity index (χ0) is 15.2. The van der Waals surface area contributed by atoms with E-state index in [9.17, 15) is 4.79 Å². The van der Waals surface area contributed by atoms with Gasteiger partial charge in [-0.3, -0.25) is 9.69 Å². The van der Waals surface area contributed by atoms with Crippen molar-refractivity contribution < 1.29 is 4.79 Å². The molecular weight excluding hydrogens is 260 g/mol. The SMILES string of the molecule is CCN(CC)CC(=O)N(CC)c1cccc2ccccc12. The molecule has 1 amide bonds. The summed E-state index contributed by atoms with van der Waals surface area (Å²) < 4.78 is 0. The van der Waals surface area contributed by atoms with Gasteiger partial charge in [0, 0.05) is 11.9 Å². The lowest BCUT2D eigenvalue weighted by atomic mass is 10.1. The van der Waals surface area contributed by atoms with Gasteiger partial charge in [-0.05, 0) is 31.5 Å². The maximum Gasteiger partial charge on any atom is 0.241 e. The molecule has 0 N–H and O–H groups in total. The van der Waals surface area contributed by atoms with Crippen LogP contribution in [0.2, 0.25) is 0 Å². The van der Waals surface area contributed by atoms with Crippen molar-refractivity contribution in [2.45, 2.75) is 20.8 Å². The molecule has 112 valence electrons. The van der Waals surface area contributed by atoms with Gasteiger partial charge in [0.15, 0.2) is 0 Å². The molecule has 21 heavy (non-hydrogen) atoms. The van der Waals surface area contributed by atoms with Crippen LogP contribution in [0.25, 0.3) is 10.8 Å². The summed E-state index contributed by atoms with van der Waals surface area (Å²) in [5, 5.41) is 2.30. The van der Waals surface area contributed by atoms with E-state index < -0.39 is 0 Å². The number of hydrogen-bond donors (Lipinski definition) is 0. The van der Waals surface area contributed by atoms with Gasteiger partial charge in [0.25, 0.3) is 0 Å². The quantitative estimate of drug-likeness (QED) is 0.810. The van der Waals surface area contributed by atoms with Crippen molar-refractivity contribution >= 4 is 22.4 Å². The first kappa shape index (κ1) is 15.5. The molecule has 0 fully saturated rings. The third kappa shape index (κ3) is 3.42. The first-order valence-corrected chi connectivity index (χ1v) is 7.71. The number of rotatable bonds is 6. The van der Waals surface area contributed by atoms with E-state index in [1.54, 1.807) is 0 Å². The number of hydrogen-bond acceptors (Lipinski definition) is 2. The molecule has 2 aromatic rings. The predicted octanol–water partition coefficient (Wildman–Crippen LogP) is 3.53. The summed E-state index contributed by atoms with van der Waals surface area (Å²) in [4.78, 5) is 16.7. The fourth-order valence-corrected chi connectivity index (χ4v) is 2.65. The highest BCUT2D eigenvalue weighted by Gasteiger charge is 2.17. The Morgan fingerprint density at radius 3 is 2.24 bits per heavy atom. The Bertz CT molecular complexity index is 600. The maximum atomic E-state index is 12.6. The lowest BCUT2D eigenvalue weighted by molar-refractivity contribution is -0.119. The molecule has 0 spiro atoms. The molecule has 3 heteroatoms. The van der Waals surface area contributed by atoms with Crippen LogP contribution in [0.3, 0.4) is 0 Å². The molecule has 0 aliphatic carbocycles. The molecule has 0 saturated carbocycles. The average Bonchev–Trinajstić information content (AvgIpc) is 2.53. The van der Waals surface area contributed by atoms with E-state index in [4.69, 9.17) is 0 Å². The zero-order valence-corrected chi connectivity index (χ0v) is 13.2. The third-order valence-electron chi connectivity index (χ3n) is 3.93. The van der Waals surface area contributed by atoms with Gasteiger partial charge in [-0.25, -0.2) is 0 Å². The summed E-state index contributed by atoms with van der Waals surface area (Å²) in [6.07, 6.45) is 0. The Balaban J connectivity index is 2.33. The van der Waals surface area contributed by atoms with Crippen molar-refractivity contribution in [3.05, 3.63) is 42.5 Å². The van der Waals surface area contributed by atoms with E-state index in [0.29, 0.717) is 13.1 Å². The largest absolute Gasteiger partial charge is 0.311 e. The number of benzene rings is 2. The second-order valence-corrected chi connectivity index (χ2v) is 5.10. The van der Waals surface area contributed by atoms with E-state index in [-0.39, 0.29) is 5.91 Å². The molecule has 2 rings (SSSR count). The molecule has 3 nitrogen and oxygen atoms in total. The van der Waals surface area contributed by atoms with Crippen molar-refractivity contribution in [2.24, 2.45) is 0 Å². The van der Waals surface area contributed by atoms with Crippen LogP contribution in [0.5, 0.6) is 0 Å². The fourth-order valence-electron chi connectivity index (χ4n) is 2.65. The minimum Gasteiger partial charge on any atom is -0.311 e. The third-order valence-corrected chi connectivity index (χ3v) is 3.93. The molecular formula is C18H24N2O. The lowest BCUT2D eigenvalue weighted by Gasteiger charge is -2.26. The van der Waals surface area contributed by atoms with E-state index in [2.05, 4.69) is 36.9 Å². The minimum absolute atomic E-state index is 0.164. The Labute approximate surface area is 127 Å². The minimum atomic E-state index is 0.164. The molecule has 0 aliphatic heterocycles. The molecule has 0 saturated heterocycles. The number of amides is 1. The molecule has 0 aromatic heterocycles. The van der Waals surface area contributed by atoms with E-state index in [1.165, 1.54) is 5.39 Å². The number of nitrogens with zero attached hydrogens (tertiary/aromatic N) is 2.